The van der Waals surface area contributed by atoms with Gasteiger partial charge in [0.1, 0.15) is 0 Å². The number of ether oxygens (including phenoxy) is 3. The van der Waals surface area contributed by atoms with Crippen LogP contribution < -0.4 is 0 Å². The number of hydrogen-bond donors (Lipinski definition) is 0. The van der Waals surface area contributed by atoms with Gasteiger partial charge in [0.25, 0.3) is 0 Å². The average Bonchev–Trinajstić information content (AvgIpc) is 2.92. The molecule has 1 aromatic rings. The molecule has 1 aromatic heterocycles. The van der Waals surface area contributed by atoms with Crippen molar-refractivity contribution in [3.05, 3.63) is 30.1 Å². The largest absolute Gasteiger partial charge is 0.432 e. The zero-order valence-corrected chi connectivity index (χ0v) is 16.5. The molecule has 0 aromatic carbocycles. The van der Waals surface area contributed by atoms with Crippen LogP contribution in [0.3, 0.4) is 0 Å². The van der Waals surface area contributed by atoms with Crippen LogP contribution in [0.25, 0.3) is 0 Å². The summed E-state index contributed by atoms with van der Waals surface area (Å²) in [6, 6.07) is 3.27. The number of rotatable bonds is 2. The van der Waals surface area contributed by atoms with Crippen LogP contribution in [0, 0.1) is 23.7 Å². The van der Waals surface area contributed by atoms with Crippen molar-refractivity contribution in [1.29, 1.82) is 0 Å². The molecule has 2 unspecified atom stereocenters. The Morgan fingerprint density at radius 3 is 2.71 bits per heavy atom. The molecule has 5 fully saturated rings. The van der Waals surface area contributed by atoms with Crippen molar-refractivity contribution in [2.45, 2.75) is 70.4 Å². The predicted octanol–water partition coefficient (Wildman–Crippen LogP) is 3.45. The highest BCUT2D eigenvalue weighted by Gasteiger charge is 2.69. The van der Waals surface area contributed by atoms with E-state index in [9.17, 15) is 4.79 Å². The zero-order valence-electron chi connectivity index (χ0n) is 16.5. The summed E-state index contributed by atoms with van der Waals surface area (Å²) < 4.78 is 18.3. The van der Waals surface area contributed by atoms with E-state index < -0.39 is 29.9 Å². The Labute approximate surface area is 164 Å². The Morgan fingerprint density at radius 1 is 1.14 bits per heavy atom. The average molecular weight is 389 g/mol. The zero-order chi connectivity index (χ0) is 19.5. The van der Waals surface area contributed by atoms with Gasteiger partial charge < -0.3 is 14.2 Å². The van der Waals surface area contributed by atoms with Gasteiger partial charge in [0.15, 0.2) is 11.9 Å². The molecule has 0 amide bonds. The third-order valence-corrected chi connectivity index (χ3v) is 7.24. The number of fused-ring (bicyclic) bond motifs is 2. The second-order valence-corrected chi connectivity index (χ2v) is 8.91. The van der Waals surface area contributed by atoms with E-state index in [2.05, 4.69) is 18.8 Å². The first-order valence-corrected chi connectivity index (χ1v) is 10.2. The second-order valence-electron chi connectivity index (χ2n) is 8.91. The Balaban J connectivity index is 1.46. The predicted molar refractivity (Wildman–Crippen MR) is 96.5 cm³/mol. The number of aromatic nitrogens is 1. The number of pyridine rings is 1. The molecule has 1 spiro atoms. The van der Waals surface area contributed by atoms with E-state index in [1.54, 1.807) is 24.5 Å². The molecule has 4 saturated heterocycles. The van der Waals surface area contributed by atoms with Gasteiger partial charge in [-0.15, -0.1) is 0 Å². The van der Waals surface area contributed by atoms with Crippen LogP contribution in [0.4, 0.5) is 0 Å². The number of carbonyl (C=O) groups is 1. The molecule has 2 bridgehead atoms. The lowest BCUT2D eigenvalue weighted by molar-refractivity contribution is -0.576. The van der Waals surface area contributed by atoms with Crippen LogP contribution in [0.1, 0.15) is 56.8 Å². The summed E-state index contributed by atoms with van der Waals surface area (Å²) in [7, 11) is 0. The fourth-order valence-electron chi connectivity index (χ4n) is 5.67. The lowest BCUT2D eigenvalue weighted by Gasteiger charge is -2.59. The molecular formula is C21H27NO6. The molecule has 5 heterocycles. The van der Waals surface area contributed by atoms with Crippen molar-refractivity contribution >= 4 is 5.97 Å². The van der Waals surface area contributed by atoms with Crippen LogP contribution in [-0.2, 0) is 24.0 Å². The van der Waals surface area contributed by atoms with Gasteiger partial charge in [0.05, 0.1) is 5.56 Å². The van der Waals surface area contributed by atoms with E-state index in [1.807, 2.05) is 6.92 Å². The van der Waals surface area contributed by atoms with Crippen LogP contribution in [0.2, 0.25) is 0 Å². The van der Waals surface area contributed by atoms with Gasteiger partial charge in [-0.3, -0.25) is 4.98 Å². The fraction of sp³-hybridized carbons (Fsp3) is 0.714. The van der Waals surface area contributed by atoms with E-state index in [-0.39, 0.29) is 11.8 Å². The molecule has 0 radical (unpaired) electrons. The first-order chi connectivity index (χ1) is 13.4. The molecule has 28 heavy (non-hydrogen) atoms. The van der Waals surface area contributed by atoms with Crippen molar-refractivity contribution in [2.75, 3.05) is 0 Å². The van der Waals surface area contributed by atoms with Gasteiger partial charge >= 0.3 is 5.97 Å². The van der Waals surface area contributed by atoms with Crippen molar-refractivity contribution in [2.24, 2.45) is 23.7 Å². The molecule has 5 aliphatic rings. The van der Waals surface area contributed by atoms with Gasteiger partial charge in [-0.1, -0.05) is 13.8 Å². The summed E-state index contributed by atoms with van der Waals surface area (Å²) in [5.41, 5.74) is -0.191. The second kappa shape index (κ2) is 6.49. The van der Waals surface area contributed by atoms with Gasteiger partial charge in [0, 0.05) is 30.7 Å². The topological polar surface area (TPSA) is 76.1 Å². The van der Waals surface area contributed by atoms with E-state index in [0.29, 0.717) is 17.4 Å². The lowest BCUT2D eigenvalue weighted by atomic mass is 9.58. The summed E-state index contributed by atoms with van der Waals surface area (Å²) in [5.74, 6) is -0.370. The third kappa shape index (κ3) is 2.64. The minimum atomic E-state index is -0.836. The maximum atomic E-state index is 12.6. The highest BCUT2D eigenvalue weighted by atomic mass is 17.3. The van der Waals surface area contributed by atoms with Crippen LogP contribution in [0.5, 0.6) is 0 Å². The Bertz CT molecular complexity index is 759. The SMILES string of the molecule is C[C@@H]1CCC2[C@@H](C)[C@@H](OC(=O)c3ccncc3)O[C@@H]3O[C@]4(C)CCC1[C@@]23OO4. The van der Waals surface area contributed by atoms with Crippen molar-refractivity contribution in [1.82, 2.24) is 4.98 Å². The molecule has 8 atom stereocenters. The van der Waals surface area contributed by atoms with E-state index in [4.69, 9.17) is 24.0 Å². The molecule has 1 saturated carbocycles. The Kier molecular flexibility index (Phi) is 4.28. The van der Waals surface area contributed by atoms with Gasteiger partial charge in [-0.2, -0.15) is 0 Å². The molecule has 152 valence electrons. The quantitative estimate of drug-likeness (QED) is 0.566. The third-order valence-electron chi connectivity index (χ3n) is 7.24. The fourth-order valence-corrected chi connectivity index (χ4v) is 5.67. The van der Waals surface area contributed by atoms with Gasteiger partial charge in [-0.05, 0) is 50.2 Å². The first-order valence-electron chi connectivity index (χ1n) is 10.2. The van der Waals surface area contributed by atoms with Crippen LogP contribution >= 0.6 is 0 Å². The lowest BCUT2D eigenvalue weighted by Crippen LogP contribution is -2.70. The number of nitrogens with zero attached hydrogens (tertiary/aromatic N) is 1. The minimum absolute atomic E-state index is 0.0355. The first kappa shape index (κ1) is 18.5. The molecule has 0 N–H and O–H groups in total. The molecule has 6 rings (SSSR count). The standard InChI is InChI=1S/C21H27NO6/c1-12-4-5-16-13(2)18(24-17(23)14-7-10-22-11-8-14)25-19-21(16)15(12)6-9-20(3,26-19)27-28-21/h7-8,10-13,15-16,18-19H,4-6,9H2,1-3H3/t12-,13-,15?,16?,18+,19-,20+,21-/m1/s1. The summed E-state index contributed by atoms with van der Waals surface area (Å²) >= 11 is 0. The van der Waals surface area contributed by atoms with Gasteiger partial charge in [-0.25, -0.2) is 14.6 Å². The molecule has 7 nitrogen and oxygen atoms in total. The van der Waals surface area contributed by atoms with Crippen molar-refractivity contribution in [3.63, 3.8) is 0 Å². The summed E-state index contributed by atoms with van der Waals surface area (Å²) in [4.78, 5) is 28.4. The monoisotopic (exact) mass is 389 g/mol. The van der Waals surface area contributed by atoms with Crippen molar-refractivity contribution in [3.8, 4) is 0 Å². The molecular weight excluding hydrogens is 362 g/mol. The highest BCUT2D eigenvalue weighted by Crippen LogP contribution is 2.60. The maximum Gasteiger partial charge on any atom is 0.340 e. The summed E-state index contributed by atoms with van der Waals surface area (Å²) in [6.45, 7) is 6.22. The van der Waals surface area contributed by atoms with Crippen molar-refractivity contribution < 1.29 is 28.8 Å². The minimum Gasteiger partial charge on any atom is -0.432 e. The van der Waals surface area contributed by atoms with E-state index in [0.717, 1.165) is 25.7 Å². The van der Waals surface area contributed by atoms with Crippen LogP contribution in [-0.4, -0.2) is 34.9 Å². The van der Waals surface area contributed by atoms with Gasteiger partial charge in [0.2, 0.25) is 12.1 Å². The number of carbonyl (C=O) groups excluding carboxylic acids is 1. The van der Waals surface area contributed by atoms with E-state index >= 15 is 0 Å². The van der Waals surface area contributed by atoms with E-state index in [1.165, 1.54) is 0 Å². The Morgan fingerprint density at radius 2 is 1.93 bits per heavy atom. The molecule has 4 aliphatic heterocycles. The maximum absolute atomic E-state index is 12.6. The normalized spacial score (nSPS) is 47.1. The smallest absolute Gasteiger partial charge is 0.340 e. The summed E-state index contributed by atoms with van der Waals surface area (Å²) in [5, 5.41) is 0. The number of esters is 1. The molecule has 7 heteroatoms. The Hall–Kier alpha value is -1.54. The summed E-state index contributed by atoms with van der Waals surface area (Å²) in [6.07, 6.45) is 5.64. The van der Waals surface area contributed by atoms with Crippen LogP contribution in [0.15, 0.2) is 24.5 Å². The molecule has 1 aliphatic carbocycles. The highest BCUT2D eigenvalue weighted by molar-refractivity contribution is 5.89. The number of hydrogen-bond acceptors (Lipinski definition) is 7.